The number of benzene rings is 1. The van der Waals surface area contributed by atoms with Crippen molar-refractivity contribution < 1.29 is 84.9 Å². The molecular formula is C18H29KO7. The predicted octanol–water partition coefficient (Wildman–Crippen LogP) is -2.14. The van der Waals surface area contributed by atoms with Gasteiger partial charge >= 0.3 is 51.4 Å². The Morgan fingerprint density at radius 2 is 0.692 bits per heavy atom. The van der Waals surface area contributed by atoms with E-state index in [1.165, 1.54) is 12.1 Å². The first kappa shape index (κ1) is 26.4. The second-order valence-electron chi connectivity index (χ2n) is 4.99. The van der Waals surface area contributed by atoms with Gasteiger partial charge in [-0.1, -0.05) is 30.3 Å². The number of para-hydroxylation sites is 1. The molecule has 8 heteroatoms. The number of hydrogen-bond donors (Lipinski definition) is 0. The van der Waals surface area contributed by atoms with Crippen LogP contribution >= 0.6 is 0 Å². The Kier molecular flexibility index (Phi) is 22.1. The predicted molar refractivity (Wildman–Crippen MR) is 90.8 cm³/mol. The van der Waals surface area contributed by atoms with E-state index in [0.717, 1.165) is 0 Å². The van der Waals surface area contributed by atoms with Crippen LogP contribution in [0.2, 0.25) is 0 Å². The van der Waals surface area contributed by atoms with Gasteiger partial charge in [-0.2, -0.15) is 0 Å². The van der Waals surface area contributed by atoms with E-state index in [9.17, 15) is 5.11 Å². The molecule has 0 aliphatic carbocycles. The summed E-state index contributed by atoms with van der Waals surface area (Å²) in [6, 6.07) is 8.33. The van der Waals surface area contributed by atoms with Crippen LogP contribution in [0, 0.1) is 0 Å². The van der Waals surface area contributed by atoms with Crippen molar-refractivity contribution in [2.75, 3.05) is 79.3 Å². The van der Waals surface area contributed by atoms with E-state index in [-0.39, 0.29) is 57.1 Å². The molecule has 144 valence electrons. The molecule has 1 aromatic rings. The van der Waals surface area contributed by atoms with Crippen LogP contribution < -0.4 is 56.5 Å². The van der Waals surface area contributed by atoms with E-state index in [2.05, 4.69) is 0 Å². The van der Waals surface area contributed by atoms with Crippen molar-refractivity contribution in [1.82, 2.24) is 0 Å². The van der Waals surface area contributed by atoms with Gasteiger partial charge in [0, 0.05) is 0 Å². The maximum absolute atomic E-state index is 10.3. The molecule has 1 fully saturated rings. The van der Waals surface area contributed by atoms with Crippen LogP contribution in [0.15, 0.2) is 30.3 Å². The van der Waals surface area contributed by atoms with E-state index in [0.29, 0.717) is 79.3 Å². The van der Waals surface area contributed by atoms with Crippen molar-refractivity contribution in [2.45, 2.75) is 0 Å². The molecule has 1 aliphatic heterocycles. The second-order valence-corrected chi connectivity index (χ2v) is 4.99. The van der Waals surface area contributed by atoms with Gasteiger partial charge in [0.1, 0.15) is 0 Å². The molecule has 0 bridgehead atoms. The summed E-state index contributed by atoms with van der Waals surface area (Å²) in [5.74, 6) is 0.0718. The van der Waals surface area contributed by atoms with Crippen LogP contribution in [0.3, 0.4) is 0 Å². The summed E-state index contributed by atoms with van der Waals surface area (Å²) in [7, 11) is 0. The van der Waals surface area contributed by atoms with Gasteiger partial charge in [0.25, 0.3) is 0 Å². The molecule has 0 spiro atoms. The summed E-state index contributed by atoms with van der Waals surface area (Å²) in [5, 5.41) is 10.3. The van der Waals surface area contributed by atoms with Crippen LogP contribution in [-0.2, 0) is 28.4 Å². The number of rotatable bonds is 0. The largest absolute Gasteiger partial charge is 1.00 e. The smallest absolute Gasteiger partial charge is 0.872 e. The minimum absolute atomic E-state index is 0. The molecule has 0 aromatic heterocycles. The van der Waals surface area contributed by atoms with Gasteiger partial charge in [0.05, 0.1) is 79.3 Å². The Morgan fingerprint density at radius 3 is 0.846 bits per heavy atom. The van der Waals surface area contributed by atoms with Crippen LogP contribution in [-0.4, -0.2) is 79.3 Å². The molecule has 2 rings (SSSR count). The summed E-state index contributed by atoms with van der Waals surface area (Å²) < 4.78 is 32.0. The van der Waals surface area contributed by atoms with Crippen molar-refractivity contribution in [3.05, 3.63) is 30.3 Å². The Hall–Kier alpha value is 0.416. The van der Waals surface area contributed by atoms with Crippen molar-refractivity contribution in [3.8, 4) is 5.75 Å². The average molecular weight is 397 g/mol. The topological polar surface area (TPSA) is 78.4 Å². The van der Waals surface area contributed by atoms with Crippen LogP contribution in [0.25, 0.3) is 0 Å². The molecule has 0 atom stereocenters. The van der Waals surface area contributed by atoms with Gasteiger partial charge < -0.3 is 33.5 Å². The first-order valence-corrected chi connectivity index (χ1v) is 8.58. The molecular weight excluding hydrogens is 367 g/mol. The number of hydrogen-bond acceptors (Lipinski definition) is 7. The zero-order chi connectivity index (χ0) is 17.8. The zero-order valence-corrected chi connectivity index (χ0v) is 18.9. The summed E-state index contributed by atoms with van der Waals surface area (Å²) in [6.45, 7) is 7.04. The standard InChI is InChI=1S/C12H24O6.C6H6O.K/c1-2-14-5-6-16-9-10-18-12-11-17-8-7-15-4-3-13-1;7-6-4-2-1-3-5-6;/h1-12H2;1-5,7H;/q;;+1/p-1. The molecule has 0 saturated carbocycles. The molecule has 7 nitrogen and oxygen atoms in total. The molecule has 1 aliphatic rings. The first-order valence-electron chi connectivity index (χ1n) is 8.58. The molecule has 0 N–H and O–H groups in total. The summed E-state index contributed by atoms with van der Waals surface area (Å²) in [5.41, 5.74) is 0. The quantitative estimate of drug-likeness (QED) is 0.463. The van der Waals surface area contributed by atoms with E-state index in [1.807, 2.05) is 6.07 Å². The number of ether oxygens (including phenoxy) is 6. The molecule has 1 aromatic carbocycles. The normalized spacial score (nSPS) is 18.9. The fraction of sp³-hybridized carbons (Fsp3) is 0.667. The monoisotopic (exact) mass is 396 g/mol. The van der Waals surface area contributed by atoms with Crippen LogP contribution in [0.1, 0.15) is 0 Å². The van der Waals surface area contributed by atoms with Gasteiger partial charge in [-0.3, -0.25) is 0 Å². The Bertz CT molecular complexity index is 306. The minimum Gasteiger partial charge on any atom is -0.872 e. The molecule has 1 heterocycles. The SMILES string of the molecule is C1COCCOCCOCCOCCOCCO1.[K+].[O-]c1ccccc1. The van der Waals surface area contributed by atoms with Crippen molar-refractivity contribution in [2.24, 2.45) is 0 Å². The third-order valence-electron chi connectivity index (χ3n) is 2.98. The van der Waals surface area contributed by atoms with E-state index in [4.69, 9.17) is 28.4 Å². The van der Waals surface area contributed by atoms with Crippen molar-refractivity contribution in [1.29, 1.82) is 0 Å². The van der Waals surface area contributed by atoms with E-state index >= 15 is 0 Å². The third-order valence-corrected chi connectivity index (χ3v) is 2.98. The minimum atomic E-state index is 0. The fourth-order valence-corrected chi connectivity index (χ4v) is 1.74. The van der Waals surface area contributed by atoms with Crippen molar-refractivity contribution >= 4 is 0 Å². The van der Waals surface area contributed by atoms with E-state index < -0.39 is 0 Å². The maximum Gasteiger partial charge on any atom is 1.00 e. The molecule has 26 heavy (non-hydrogen) atoms. The first-order chi connectivity index (χ1) is 12.4. The third kappa shape index (κ3) is 19.2. The molecule has 0 amide bonds. The van der Waals surface area contributed by atoms with E-state index in [1.54, 1.807) is 12.1 Å². The van der Waals surface area contributed by atoms with Crippen molar-refractivity contribution in [3.63, 3.8) is 0 Å². The Morgan fingerprint density at radius 1 is 0.462 bits per heavy atom. The maximum atomic E-state index is 10.3. The van der Waals surface area contributed by atoms with Gasteiger partial charge in [-0.15, -0.1) is 5.75 Å². The average Bonchev–Trinajstić information content (AvgIpc) is 2.63. The Labute approximate surface area is 198 Å². The van der Waals surface area contributed by atoms with Crippen LogP contribution in [0.5, 0.6) is 5.75 Å². The summed E-state index contributed by atoms with van der Waals surface area (Å²) >= 11 is 0. The molecule has 0 unspecified atom stereocenters. The van der Waals surface area contributed by atoms with Gasteiger partial charge in [-0.05, 0) is 0 Å². The summed E-state index contributed by atoms with van der Waals surface area (Å²) in [6.07, 6.45) is 0. The van der Waals surface area contributed by atoms with Gasteiger partial charge in [-0.25, -0.2) is 0 Å². The summed E-state index contributed by atoms with van der Waals surface area (Å²) in [4.78, 5) is 0. The van der Waals surface area contributed by atoms with Crippen LogP contribution in [0.4, 0.5) is 0 Å². The second kappa shape index (κ2) is 21.7. The molecule has 1 saturated heterocycles. The van der Waals surface area contributed by atoms with Gasteiger partial charge in [0.2, 0.25) is 0 Å². The fourth-order valence-electron chi connectivity index (χ4n) is 1.74. The van der Waals surface area contributed by atoms with Gasteiger partial charge in [0.15, 0.2) is 0 Å². The molecule has 0 radical (unpaired) electrons. The zero-order valence-electron chi connectivity index (χ0n) is 15.7. The Balaban J connectivity index is 0.000000655.